The quantitative estimate of drug-likeness (QED) is 0.795. The van der Waals surface area contributed by atoms with Crippen LogP contribution in [-0.2, 0) is 0 Å². The summed E-state index contributed by atoms with van der Waals surface area (Å²) in [6.45, 7) is 0.469. The zero-order valence-corrected chi connectivity index (χ0v) is 13.7. The predicted molar refractivity (Wildman–Crippen MR) is 100 cm³/mol. The minimum atomic E-state index is -0.214. The van der Waals surface area contributed by atoms with Gasteiger partial charge < -0.3 is 10.0 Å². The van der Waals surface area contributed by atoms with Gasteiger partial charge in [-0.15, -0.1) is 0 Å². The maximum Gasteiger partial charge on any atom is 0.277 e. The van der Waals surface area contributed by atoms with Crippen LogP contribution in [0.1, 0.15) is 22.0 Å². The number of aliphatic hydroxyl groups excluding tert-OH is 1. The van der Waals surface area contributed by atoms with Crippen molar-refractivity contribution in [2.24, 2.45) is 4.99 Å². The Morgan fingerprint density at radius 1 is 0.960 bits per heavy atom. The van der Waals surface area contributed by atoms with Gasteiger partial charge >= 0.3 is 0 Å². The number of nitrogens with zero attached hydrogens (tertiary/aromatic N) is 2. The van der Waals surface area contributed by atoms with Gasteiger partial charge in [-0.3, -0.25) is 4.79 Å². The number of amides is 1. The van der Waals surface area contributed by atoms with E-state index in [1.807, 2.05) is 42.5 Å². The van der Waals surface area contributed by atoms with Crippen molar-refractivity contribution >= 4 is 28.6 Å². The molecule has 1 heterocycles. The second-order valence-corrected chi connectivity index (χ2v) is 6.03. The van der Waals surface area contributed by atoms with Gasteiger partial charge in [0.05, 0.1) is 12.6 Å². The Labute approximate surface area is 146 Å². The van der Waals surface area contributed by atoms with Crippen molar-refractivity contribution in [3.63, 3.8) is 0 Å². The summed E-state index contributed by atoms with van der Waals surface area (Å²) in [5, 5.41) is 11.9. The lowest BCUT2D eigenvalue weighted by Gasteiger charge is -2.34. The molecular weight excluding hydrogens is 312 g/mol. The van der Waals surface area contributed by atoms with E-state index in [-0.39, 0.29) is 18.6 Å². The number of hydrogen-bond acceptors (Lipinski definition) is 3. The van der Waals surface area contributed by atoms with Crippen molar-refractivity contribution in [1.29, 1.82) is 0 Å². The molecule has 0 aliphatic carbocycles. The molecule has 0 bridgehead atoms. The maximum absolute atomic E-state index is 12.1. The summed E-state index contributed by atoms with van der Waals surface area (Å²) in [5.74, 6) is -0.214. The molecule has 4 heteroatoms. The molecule has 124 valence electrons. The van der Waals surface area contributed by atoms with Crippen molar-refractivity contribution in [3.05, 3.63) is 77.9 Å². The molecule has 0 fully saturated rings. The standard InChI is InChI=1S/C21H18N2O2/c24-13-12-23(19-11-5-7-15-6-1-2-8-16(15)19)20-14-22-21(25)18-10-4-3-9-17(18)20/h1-11,14,20,24H,12-13H2. The SMILES string of the molecule is O=C1N=CC(N(CCO)c2cccc3ccccc23)c2ccccc21. The summed E-state index contributed by atoms with van der Waals surface area (Å²) in [6.07, 6.45) is 1.68. The Kier molecular flexibility index (Phi) is 4.04. The van der Waals surface area contributed by atoms with E-state index in [1.165, 1.54) is 0 Å². The van der Waals surface area contributed by atoms with Gasteiger partial charge in [-0.2, -0.15) is 0 Å². The summed E-state index contributed by atoms with van der Waals surface area (Å²) in [4.78, 5) is 18.3. The molecule has 0 saturated heterocycles. The summed E-state index contributed by atoms with van der Waals surface area (Å²) in [7, 11) is 0. The molecule has 1 atom stereocenters. The molecule has 1 N–H and O–H groups in total. The lowest BCUT2D eigenvalue weighted by molar-refractivity contribution is 0.1000. The Hall–Kier alpha value is -2.98. The first-order valence-corrected chi connectivity index (χ1v) is 8.32. The molecule has 0 radical (unpaired) electrons. The minimum absolute atomic E-state index is 0.0175. The van der Waals surface area contributed by atoms with Crippen LogP contribution in [0.3, 0.4) is 0 Å². The van der Waals surface area contributed by atoms with E-state index in [4.69, 9.17) is 0 Å². The summed E-state index contributed by atoms with van der Waals surface area (Å²) in [5.41, 5.74) is 2.56. The Morgan fingerprint density at radius 2 is 1.72 bits per heavy atom. The number of rotatable bonds is 4. The molecule has 0 spiro atoms. The van der Waals surface area contributed by atoms with Crippen molar-refractivity contribution in [1.82, 2.24) is 0 Å². The van der Waals surface area contributed by atoms with Gasteiger partial charge in [-0.05, 0) is 23.1 Å². The number of carbonyl (C=O) groups excluding carboxylic acids is 1. The number of fused-ring (bicyclic) bond motifs is 2. The molecular formula is C21H18N2O2. The van der Waals surface area contributed by atoms with Crippen LogP contribution in [0.5, 0.6) is 0 Å². The van der Waals surface area contributed by atoms with E-state index < -0.39 is 0 Å². The molecule has 4 rings (SSSR count). The average Bonchev–Trinajstić information content (AvgIpc) is 2.67. The van der Waals surface area contributed by atoms with Gasteiger partial charge in [0, 0.05) is 29.4 Å². The van der Waals surface area contributed by atoms with Crippen LogP contribution < -0.4 is 4.90 Å². The first-order chi connectivity index (χ1) is 12.3. The van der Waals surface area contributed by atoms with Gasteiger partial charge in [-0.25, -0.2) is 4.99 Å². The monoisotopic (exact) mass is 330 g/mol. The van der Waals surface area contributed by atoms with Gasteiger partial charge in [-0.1, -0.05) is 54.6 Å². The van der Waals surface area contributed by atoms with Crippen LogP contribution >= 0.6 is 0 Å². The third-order valence-corrected chi connectivity index (χ3v) is 4.60. The molecule has 3 aromatic carbocycles. The summed E-state index contributed by atoms with van der Waals surface area (Å²) >= 11 is 0. The summed E-state index contributed by atoms with van der Waals surface area (Å²) in [6, 6.07) is 21.7. The molecule has 1 amide bonds. The zero-order valence-electron chi connectivity index (χ0n) is 13.7. The van der Waals surface area contributed by atoms with E-state index >= 15 is 0 Å². The zero-order chi connectivity index (χ0) is 17.2. The normalized spacial score (nSPS) is 16.0. The van der Waals surface area contributed by atoms with Gasteiger partial charge in [0.15, 0.2) is 0 Å². The molecule has 1 unspecified atom stereocenters. The van der Waals surface area contributed by atoms with Crippen LogP contribution in [0.25, 0.3) is 10.8 Å². The first-order valence-electron chi connectivity index (χ1n) is 8.32. The first kappa shape index (κ1) is 15.5. The van der Waals surface area contributed by atoms with Crippen LogP contribution in [0, 0.1) is 0 Å². The van der Waals surface area contributed by atoms with E-state index in [2.05, 4.69) is 28.1 Å². The van der Waals surface area contributed by atoms with Crippen LogP contribution in [0.15, 0.2) is 71.7 Å². The van der Waals surface area contributed by atoms with Crippen LogP contribution in [0.2, 0.25) is 0 Å². The van der Waals surface area contributed by atoms with E-state index in [9.17, 15) is 9.90 Å². The largest absolute Gasteiger partial charge is 0.395 e. The molecule has 1 aliphatic heterocycles. The Morgan fingerprint density at radius 3 is 2.60 bits per heavy atom. The lowest BCUT2D eigenvalue weighted by Crippen LogP contribution is -2.35. The maximum atomic E-state index is 12.1. The highest BCUT2D eigenvalue weighted by atomic mass is 16.3. The van der Waals surface area contributed by atoms with Crippen LogP contribution in [0.4, 0.5) is 5.69 Å². The van der Waals surface area contributed by atoms with Gasteiger partial charge in [0.2, 0.25) is 0 Å². The van der Waals surface area contributed by atoms with Crippen molar-refractivity contribution < 1.29 is 9.90 Å². The van der Waals surface area contributed by atoms with E-state index in [1.54, 1.807) is 12.3 Å². The van der Waals surface area contributed by atoms with Crippen molar-refractivity contribution in [3.8, 4) is 0 Å². The van der Waals surface area contributed by atoms with Gasteiger partial charge in [0.1, 0.15) is 0 Å². The van der Waals surface area contributed by atoms with Crippen LogP contribution in [-0.4, -0.2) is 30.4 Å². The summed E-state index contributed by atoms with van der Waals surface area (Å²) < 4.78 is 0. The Bertz CT molecular complexity index is 960. The average molecular weight is 330 g/mol. The molecule has 25 heavy (non-hydrogen) atoms. The van der Waals surface area contributed by atoms with Crippen molar-refractivity contribution in [2.45, 2.75) is 6.04 Å². The molecule has 3 aromatic rings. The molecule has 1 aliphatic rings. The fraction of sp³-hybridized carbons (Fsp3) is 0.143. The smallest absolute Gasteiger partial charge is 0.277 e. The van der Waals surface area contributed by atoms with Gasteiger partial charge in [0.25, 0.3) is 5.91 Å². The predicted octanol–water partition coefficient (Wildman–Crippen LogP) is 3.60. The van der Waals surface area contributed by atoms with E-state index in [0.717, 1.165) is 22.0 Å². The number of anilines is 1. The number of benzene rings is 3. The van der Waals surface area contributed by atoms with Crippen molar-refractivity contribution in [2.75, 3.05) is 18.1 Å². The number of hydrogen-bond donors (Lipinski definition) is 1. The fourth-order valence-corrected chi connectivity index (χ4v) is 3.46. The highest BCUT2D eigenvalue weighted by Gasteiger charge is 2.27. The number of aliphatic imine (C=N–C) groups is 1. The highest BCUT2D eigenvalue weighted by molar-refractivity contribution is 6.06. The third kappa shape index (κ3) is 2.71. The highest BCUT2D eigenvalue weighted by Crippen LogP contribution is 2.34. The second-order valence-electron chi connectivity index (χ2n) is 6.03. The molecule has 4 nitrogen and oxygen atoms in total. The lowest BCUT2D eigenvalue weighted by atomic mass is 9.95. The molecule has 0 saturated carbocycles. The minimum Gasteiger partial charge on any atom is -0.395 e. The number of aliphatic hydroxyl groups is 1. The fourth-order valence-electron chi connectivity index (χ4n) is 3.46. The molecule has 0 aromatic heterocycles. The Balaban J connectivity index is 1.88. The van der Waals surface area contributed by atoms with E-state index in [0.29, 0.717) is 12.1 Å². The number of carbonyl (C=O) groups is 1. The second kappa shape index (κ2) is 6.49. The third-order valence-electron chi connectivity index (χ3n) is 4.60. The topological polar surface area (TPSA) is 52.9 Å².